The molecule has 10 nitrogen and oxygen atoms in total. The number of esters is 1. The van der Waals surface area contributed by atoms with Gasteiger partial charge in [0.25, 0.3) is 16.8 Å². The van der Waals surface area contributed by atoms with Crippen LogP contribution in [0.25, 0.3) is 6.08 Å². The molecule has 1 N–H and O–H groups in total. The van der Waals surface area contributed by atoms with E-state index in [-0.39, 0.29) is 37.9 Å². The highest BCUT2D eigenvalue weighted by Crippen LogP contribution is 2.34. The van der Waals surface area contributed by atoms with E-state index in [0.717, 1.165) is 4.90 Å². The van der Waals surface area contributed by atoms with Crippen LogP contribution in [0.2, 0.25) is 5.02 Å². The lowest BCUT2D eigenvalue weighted by molar-refractivity contribution is -0.385. The molecule has 13 heteroatoms. The molecule has 0 saturated carbocycles. The van der Waals surface area contributed by atoms with E-state index >= 15 is 0 Å². The topological polar surface area (TPSA) is 136 Å². The maximum atomic E-state index is 12.7. The average Bonchev–Trinajstić information content (AvgIpc) is 3.06. The molecule has 0 bridgehead atoms. The molecule has 35 heavy (non-hydrogen) atoms. The Bertz CT molecular complexity index is 1270. The Morgan fingerprint density at radius 1 is 1.26 bits per heavy atom. The highest BCUT2D eigenvalue weighted by Gasteiger charge is 2.36. The third-order valence-electron chi connectivity index (χ3n) is 4.55. The lowest BCUT2D eigenvalue weighted by atomic mass is 10.2. The maximum Gasteiger partial charge on any atom is 0.339 e. The van der Waals surface area contributed by atoms with Crippen molar-refractivity contribution < 1.29 is 28.8 Å². The standard InChI is InChI=1S/C22H17BrClN3O7S/c1-2-7-34-21(30)14-10-13(4-6-16(14)24)25-19(28)11-26-20(29)18(35-22(26)31)9-12-3-5-15(23)17(8-12)27(32)33/h3-6,8-10H,2,7,11H2,1H3,(H,25,28)/b18-9-. The molecule has 2 aromatic carbocycles. The molecule has 1 heterocycles. The number of rotatable bonds is 8. The largest absolute Gasteiger partial charge is 0.462 e. The first-order valence-electron chi connectivity index (χ1n) is 10.1. The van der Waals surface area contributed by atoms with Crippen LogP contribution in [0, 0.1) is 10.1 Å². The van der Waals surface area contributed by atoms with Gasteiger partial charge < -0.3 is 10.1 Å². The minimum Gasteiger partial charge on any atom is -0.462 e. The van der Waals surface area contributed by atoms with Crippen LogP contribution in [-0.4, -0.2) is 46.0 Å². The second-order valence-electron chi connectivity index (χ2n) is 7.11. The number of nitro benzene ring substituents is 1. The van der Waals surface area contributed by atoms with Crippen LogP contribution in [-0.2, 0) is 14.3 Å². The summed E-state index contributed by atoms with van der Waals surface area (Å²) in [7, 11) is 0. The van der Waals surface area contributed by atoms with Crippen molar-refractivity contribution in [3.8, 4) is 0 Å². The van der Waals surface area contributed by atoms with Crippen LogP contribution in [0.3, 0.4) is 0 Å². The average molecular weight is 583 g/mol. The van der Waals surface area contributed by atoms with Crippen LogP contribution in [0.4, 0.5) is 16.2 Å². The van der Waals surface area contributed by atoms with Crippen molar-refractivity contribution in [1.82, 2.24) is 4.90 Å². The van der Waals surface area contributed by atoms with Crippen molar-refractivity contribution in [1.29, 1.82) is 0 Å². The Morgan fingerprint density at radius 3 is 2.69 bits per heavy atom. The number of amides is 3. The van der Waals surface area contributed by atoms with Gasteiger partial charge in [-0.05, 0) is 70.0 Å². The number of carbonyl (C=O) groups excluding carboxylic acids is 4. The van der Waals surface area contributed by atoms with Crippen LogP contribution in [0.1, 0.15) is 29.3 Å². The lowest BCUT2D eigenvalue weighted by Crippen LogP contribution is -2.36. The highest BCUT2D eigenvalue weighted by molar-refractivity contribution is 9.10. The quantitative estimate of drug-likeness (QED) is 0.193. The first kappa shape index (κ1) is 26.4. The van der Waals surface area contributed by atoms with E-state index in [1.54, 1.807) is 6.07 Å². The number of hydrogen-bond donors (Lipinski definition) is 1. The number of benzene rings is 2. The summed E-state index contributed by atoms with van der Waals surface area (Å²) < 4.78 is 5.33. The second kappa shape index (κ2) is 11.5. The number of hydrogen-bond acceptors (Lipinski definition) is 8. The summed E-state index contributed by atoms with van der Waals surface area (Å²) in [4.78, 5) is 61.0. The monoisotopic (exact) mass is 581 g/mol. The Morgan fingerprint density at radius 2 is 2.00 bits per heavy atom. The molecule has 0 aromatic heterocycles. The van der Waals surface area contributed by atoms with Gasteiger partial charge in [0.1, 0.15) is 6.54 Å². The second-order valence-corrected chi connectivity index (χ2v) is 9.37. The van der Waals surface area contributed by atoms with E-state index in [2.05, 4.69) is 21.2 Å². The molecular weight excluding hydrogens is 566 g/mol. The van der Waals surface area contributed by atoms with Gasteiger partial charge in [-0.15, -0.1) is 0 Å². The van der Waals surface area contributed by atoms with Crippen molar-refractivity contribution in [2.75, 3.05) is 18.5 Å². The van der Waals surface area contributed by atoms with Crippen LogP contribution in [0.15, 0.2) is 45.8 Å². The van der Waals surface area contributed by atoms with Crippen molar-refractivity contribution >= 4 is 79.8 Å². The smallest absolute Gasteiger partial charge is 0.339 e. The Hall–Kier alpha value is -3.22. The predicted molar refractivity (Wildman–Crippen MR) is 134 cm³/mol. The van der Waals surface area contributed by atoms with Crippen LogP contribution in [0.5, 0.6) is 0 Å². The summed E-state index contributed by atoms with van der Waals surface area (Å²) in [5, 5.41) is 13.1. The van der Waals surface area contributed by atoms with Crippen molar-refractivity contribution in [2.45, 2.75) is 13.3 Å². The minimum absolute atomic E-state index is 0.0202. The normalized spacial score (nSPS) is 14.4. The van der Waals surface area contributed by atoms with Gasteiger partial charge in [0.05, 0.1) is 31.5 Å². The number of ether oxygens (including phenoxy) is 1. The summed E-state index contributed by atoms with van der Waals surface area (Å²) in [5.41, 5.74) is 0.444. The number of nitrogens with one attached hydrogen (secondary N) is 1. The number of imide groups is 1. The summed E-state index contributed by atoms with van der Waals surface area (Å²) in [6.07, 6.45) is 1.97. The zero-order chi connectivity index (χ0) is 25.7. The van der Waals surface area contributed by atoms with Crippen molar-refractivity contribution in [3.05, 3.63) is 72.0 Å². The van der Waals surface area contributed by atoms with Gasteiger partial charge in [0.15, 0.2) is 0 Å². The third-order valence-corrected chi connectivity index (χ3v) is 6.45. The molecule has 1 aliphatic rings. The third kappa shape index (κ3) is 6.47. The summed E-state index contributed by atoms with van der Waals surface area (Å²) >= 11 is 9.74. The number of nitrogens with zero attached hydrogens (tertiary/aromatic N) is 2. The van der Waals surface area contributed by atoms with Crippen molar-refractivity contribution in [2.24, 2.45) is 0 Å². The van der Waals surface area contributed by atoms with Gasteiger partial charge in [-0.1, -0.05) is 24.6 Å². The van der Waals surface area contributed by atoms with E-state index in [9.17, 15) is 29.3 Å². The molecule has 0 aliphatic carbocycles. The van der Waals surface area contributed by atoms with Gasteiger partial charge in [-0.3, -0.25) is 29.4 Å². The number of halogens is 2. The fraction of sp³-hybridized carbons (Fsp3) is 0.182. The first-order chi connectivity index (χ1) is 16.6. The first-order valence-corrected chi connectivity index (χ1v) is 12.0. The maximum absolute atomic E-state index is 12.7. The molecule has 1 saturated heterocycles. The zero-order valence-electron chi connectivity index (χ0n) is 18.1. The molecular formula is C22H17BrClN3O7S. The molecule has 0 unspecified atom stereocenters. The number of thioether (sulfide) groups is 1. The lowest BCUT2D eigenvalue weighted by Gasteiger charge is -2.13. The van der Waals surface area contributed by atoms with Crippen molar-refractivity contribution in [3.63, 3.8) is 0 Å². The fourth-order valence-electron chi connectivity index (χ4n) is 2.92. The molecule has 182 valence electrons. The molecule has 0 atom stereocenters. The number of anilines is 1. The summed E-state index contributed by atoms with van der Waals surface area (Å²) in [6.45, 7) is 1.49. The van der Waals surface area contributed by atoms with Gasteiger partial charge >= 0.3 is 5.97 Å². The van der Waals surface area contributed by atoms with Crippen LogP contribution >= 0.6 is 39.3 Å². The summed E-state index contributed by atoms with van der Waals surface area (Å²) in [6, 6.07) is 8.48. The van der Waals surface area contributed by atoms with Gasteiger partial charge in [0.2, 0.25) is 5.91 Å². The SMILES string of the molecule is CCCOC(=O)c1cc(NC(=O)CN2C(=O)S/C(=C\c3ccc(Br)c([N+](=O)[O-])c3)C2=O)ccc1Cl. The Balaban J connectivity index is 1.71. The Labute approximate surface area is 216 Å². The van der Waals surface area contributed by atoms with E-state index in [4.69, 9.17) is 16.3 Å². The van der Waals surface area contributed by atoms with Crippen LogP contribution < -0.4 is 5.32 Å². The zero-order valence-corrected chi connectivity index (χ0v) is 21.2. The predicted octanol–water partition coefficient (Wildman–Crippen LogP) is 5.25. The van der Waals surface area contributed by atoms with Gasteiger partial charge in [0, 0.05) is 11.8 Å². The molecule has 2 aromatic rings. The highest BCUT2D eigenvalue weighted by atomic mass is 79.9. The fourth-order valence-corrected chi connectivity index (χ4v) is 4.35. The number of carbonyl (C=O) groups is 4. The van der Waals surface area contributed by atoms with E-state index in [1.165, 1.54) is 36.4 Å². The van der Waals surface area contributed by atoms with E-state index in [1.807, 2.05) is 6.92 Å². The molecule has 3 rings (SSSR count). The van der Waals surface area contributed by atoms with E-state index in [0.29, 0.717) is 23.7 Å². The van der Waals surface area contributed by atoms with E-state index < -0.39 is 34.5 Å². The van der Waals surface area contributed by atoms with Gasteiger partial charge in [-0.2, -0.15) is 0 Å². The molecule has 1 fully saturated rings. The minimum atomic E-state index is -0.708. The molecule has 1 aliphatic heterocycles. The number of nitro groups is 1. The summed E-state index contributed by atoms with van der Waals surface area (Å²) in [5.74, 6) is -2.03. The molecule has 0 spiro atoms. The molecule has 0 radical (unpaired) electrons. The Kier molecular flexibility index (Phi) is 8.65. The molecule has 3 amide bonds. The van der Waals surface area contributed by atoms with Gasteiger partial charge in [-0.25, -0.2) is 4.79 Å².